The molecule has 3 nitrogen and oxygen atoms in total. The molecule has 2 saturated carbocycles. The average molecular weight is 287 g/mol. The van der Waals surface area contributed by atoms with Crippen molar-refractivity contribution in [2.24, 2.45) is 17.8 Å². The van der Waals surface area contributed by atoms with Crippen LogP contribution in [0.25, 0.3) is 0 Å². The highest BCUT2D eigenvalue weighted by Crippen LogP contribution is 2.49. The molecular formula is C18H25NO2. The quantitative estimate of drug-likeness (QED) is 0.875. The van der Waals surface area contributed by atoms with E-state index in [0.717, 1.165) is 17.4 Å². The van der Waals surface area contributed by atoms with Crippen LogP contribution in [-0.2, 0) is 10.3 Å². The first kappa shape index (κ1) is 14.6. The van der Waals surface area contributed by atoms with E-state index in [1.54, 1.807) is 0 Å². The van der Waals surface area contributed by atoms with E-state index in [-0.39, 0.29) is 12.5 Å². The number of rotatable bonds is 5. The Hall–Kier alpha value is -1.35. The Morgan fingerprint density at radius 3 is 2.62 bits per heavy atom. The van der Waals surface area contributed by atoms with Crippen molar-refractivity contribution in [1.29, 1.82) is 0 Å². The number of aliphatic hydroxyl groups is 1. The SMILES string of the molecule is CC(CO)(NC(=O)CC1CC2CCC1C2)c1ccccc1. The second-order valence-electron chi connectivity index (χ2n) is 7.04. The molecule has 1 aromatic rings. The zero-order valence-electron chi connectivity index (χ0n) is 12.7. The maximum atomic E-state index is 12.4. The Morgan fingerprint density at radius 2 is 2.05 bits per heavy atom. The second-order valence-corrected chi connectivity index (χ2v) is 7.04. The van der Waals surface area contributed by atoms with Gasteiger partial charge in [-0.15, -0.1) is 0 Å². The molecule has 2 bridgehead atoms. The third-order valence-corrected chi connectivity index (χ3v) is 5.47. The number of amides is 1. The molecule has 0 saturated heterocycles. The molecule has 4 unspecified atom stereocenters. The maximum Gasteiger partial charge on any atom is 0.221 e. The van der Waals surface area contributed by atoms with Crippen LogP contribution in [0.15, 0.2) is 30.3 Å². The number of carbonyl (C=O) groups is 1. The predicted molar refractivity (Wildman–Crippen MR) is 82.6 cm³/mol. The fourth-order valence-electron chi connectivity index (χ4n) is 4.23. The molecular weight excluding hydrogens is 262 g/mol. The molecule has 1 aromatic carbocycles. The van der Waals surface area contributed by atoms with Gasteiger partial charge in [-0.1, -0.05) is 36.8 Å². The first-order valence-electron chi connectivity index (χ1n) is 8.08. The monoisotopic (exact) mass is 287 g/mol. The van der Waals surface area contributed by atoms with Crippen LogP contribution in [0.1, 0.15) is 44.6 Å². The molecule has 2 aliphatic rings. The van der Waals surface area contributed by atoms with E-state index in [2.05, 4.69) is 5.32 Å². The standard InChI is InChI=1S/C18H25NO2/c1-18(12-20,16-5-3-2-4-6-16)19-17(21)11-15-10-13-7-8-14(15)9-13/h2-6,13-15,20H,7-12H2,1H3,(H,19,21). The van der Waals surface area contributed by atoms with Gasteiger partial charge in [-0.3, -0.25) is 4.79 Å². The Bertz CT molecular complexity index is 501. The van der Waals surface area contributed by atoms with E-state index in [1.807, 2.05) is 37.3 Å². The van der Waals surface area contributed by atoms with Crippen LogP contribution in [0.5, 0.6) is 0 Å². The molecule has 0 aromatic heterocycles. The second kappa shape index (κ2) is 5.80. The van der Waals surface area contributed by atoms with Gasteiger partial charge in [0.25, 0.3) is 0 Å². The molecule has 4 atom stereocenters. The molecule has 0 radical (unpaired) electrons. The zero-order chi connectivity index (χ0) is 14.9. The van der Waals surface area contributed by atoms with Crippen LogP contribution in [0.4, 0.5) is 0 Å². The number of fused-ring (bicyclic) bond motifs is 2. The van der Waals surface area contributed by atoms with Crippen molar-refractivity contribution in [1.82, 2.24) is 5.32 Å². The summed E-state index contributed by atoms with van der Waals surface area (Å²) in [5, 5.41) is 12.8. The normalized spacial score (nSPS) is 30.1. The Balaban J connectivity index is 1.62. The van der Waals surface area contributed by atoms with Crippen LogP contribution in [0.2, 0.25) is 0 Å². The lowest BCUT2D eigenvalue weighted by atomic mass is 9.85. The molecule has 0 heterocycles. The van der Waals surface area contributed by atoms with Crippen molar-refractivity contribution < 1.29 is 9.90 Å². The molecule has 3 heteroatoms. The summed E-state index contributed by atoms with van der Waals surface area (Å²) in [5.74, 6) is 2.26. The third-order valence-electron chi connectivity index (χ3n) is 5.47. The lowest BCUT2D eigenvalue weighted by Crippen LogP contribution is -2.46. The highest BCUT2D eigenvalue weighted by molar-refractivity contribution is 5.77. The van der Waals surface area contributed by atoms with Crippen molar-refractivity contribution in [2.45, 2.75) is 44.6 Å². The summed E-state index contributed by atoms with van der Waals surface area (Å²) < 4.78 is 0. The molecule has 2 fully saturated rings. The number of hydrogen-bond donors (Lipinski definition) is 2. The Morgan fingerprint density at radius 1 is 1.29 bits per heavy atom. The van der Waals surface area contributed by atoms with E-state index in [0.29, 0.717) is 12.3 Å². The minimum Gasteiger partial charge on any atom is -0.394 e. The van der Waals surface area contributed by atoms with Gasteiger partial charge >= 0.3 is 0 Å². The molecule has 2 aliphatic carbocycles. The van der Waals surface area contributed by atoms with Crippen molar-refractivity contribution >= 4 is 5.91 Å². The van der Waals surface area contributed by atoms with E-state index >= 15 is 0 Å². The van der Waals surface area contributed by atoms with E-state index < -0.39 is 5.54 Å². The Labute approximate surface area is 126 Å². The lowest BCUT2D eigenvalue weighted by Gasteiger charge is -2.30. The van der Waals surface area contributed by atoms with E-state index in [4.69, 9.17) is 0 Å². The first-order chi connectivity index (χ1) is 10.1. The fourth-order valence-corrected chi connectivity index (χ4v) is 4.23. The van der Waals surface area contributed by atoms with Gasteiger partial charge in [-0.05, 0) is 49.5 Å². The van der Waals surface area contributed by atoms with Crippen LogP contribution >= 0.6 is 0 Å². The minimum atomic E-state index is -0.685. The number of benzene rings is 1. The summed E-state index contributed by atoms with van der Waals surface area (Å²) in [7, 11) is 0. The summed E-state index contributed by atoms with van der Waals surface area (Å²) in [5.41, 5.74) is 0.268. The topological polar surface area (TPSA) is 49.3 Å². The average Bonchev–Trinajstić information content (AvgIpc) is 3.10. The molecule has 0 spiro atoms. The Kier molecular flexibility index (Phi) is 4.03. The molecule has 0 aliphatic heterocycles. The van der Waals surface area contributed by atoms with Gasteiger partial charge in [0.1, 0.15) is 0 Å². The number of carbonyl (C=O) groups excluding carboxylic acids is 1. The van der Waals surface area contributed by atoms with Crippen LogP contribution in [0, 0.1) is 17.8 Å². The van der Waals surface area contributed by atoms with Crippen molar-refractivity contribution in [2.75, 3.05) is 6.61 Å². The van der Waals surface area contributed by atoms with Crippen molar-refractivity contribution in [3.8, 4) is 0 Å². The van der Waals surface area contributed by atoms with Crippen LogP contribution in [-0.4, -0.2) is 17.6 Å². The van der Waals surface area contributed by atoms with Crippen molar-refractivity contribution in [3.63, 3.8) is 0 Å². The van der Waals surface area contributed by atoms with Gasteiger partial charge in [0, 0.05) is 6.42 Å². The first-order valence-corrected chi connectivity index (χ1v) is 8.08. The van der Waals surface area contributed by atoms with Gasteiger partial charge in [0.05, 0.1) is 12.1 Å². The highest BCUT2D eigenvalue weighted by atomic mass is 16.3. The summed E-state index contributed by atoms with van der Waals surface area (Å²) >= 11 is 0. The maximum absolute atomic E-state index is 12.4. The molecule has 1 amide bonds. The number of nitrogens with one attached hydrogen (secondary N) is 1. The highest BCUT2D eigenvalue weighted by Gasteiger charge is 2.40. The van der Waals surface area contributed by atoms with Gasteiger partial charge < -0.3 is 10.4 Å². The molecule has 3 rings (SSSR count). The van der Waals surface area contributed by atoms with Gasteiger partial charge in [-0.2, -0.15) is 0 Å². The molecule has 114 valence electrons. The van der Waals surface area contributed by atoms with Gasteiger partial charge in [0.2, 0.25) is 5.91 Å². The largest absolute Gasteiger partial charge is 0.394 e. The minimum absolute atomic E-state index is 0.0768. The molecule has 2 N–H and O–H groups in total. The number of aliphatic hydroxyl groups excluding tert-OH is 1. The predicted octanol–water partition coefficient (Wildman–Crippen LogP) is 2.84. The fraction of sp³-hybridized carbons (Fsp3) is 0.611. The summed E-state index contributed by atoms with van der Waals surface area (Å²) in [6.07, 6.45) is 5.83. The molecule has 21 heavy (non-hydrogen) atoms. The van der Waals surface area contributed by atoms with Gasteiger partial charge in [-0.25, -0.2) is 0 Å². The lowest BCUT2D eigenvalue weighted by molar-refractivity contribution is -0.124. The summed E-state index contributed by atoms with van der Waals surface area (Å²) in [4.78, 5) is 12.4. The van der Waals surface area contributed by atoms with Crippen LogP contribution < -0.4 is 5.32 Å². The number of hydrogen-bond acceptors (Lipinski definition) is 2. The summed E-state index contributed by atoms with van der Waals surface area (Å²) in [6, 6.07) is 9.72. The van der Waals surface area contributed by atoms with E-state index in [1.165, 1.54) is 25.7 Å². The summed E-state index contributed by atoms with van der Waals surface area (Å²) in [6.45, 7) is 1.81. The van der Waals surface area contributed by atoms with Gasteiger partial charge in [0.15, 0.2) is 0 Å². The van der Waals surface area contributed by atoms with E-state index in [9.17, 15) is 9.90 Å². The smallest absolute Gasteiger partial charge is 0.221 e. The van der Waals surface area contributed by atoms with Crippen molar-refractivity contribution in [3.05, 3.63) is 35.9 Å². The van der Waals surface area contributed by atoms with Crippen LogP contribution in [0.3, 0.4) is 0 Å². The zero-order valence-corrected chi connectivity index (χ0v) is 12.7. The third kappa shape index (κ3) is 2.98.